The van der Waals surface area contributed by atoms with E-state index in [0.29, 0.717) is 6.61 Å². The average Bonchev–Trinajstić information content (AvgIpc) is 3.08. The molecule has 1 fully saturated rings. The third-order valence-corrected chi connectivity index (χ3v) is 2.83. The molecule has 1 aliphatic heterocycles. The third kappa shape index (κ3) is 3.63. The van der Waals surface area contributed by atoms with Crippen LogP contribution in [0.3, 0.4) is 0 Å². The number of hydrogen-bond acceptors (Lipinski definition) is 3. The normalized spacial score (nSPS) is 21.4. The average molecular weight is 289 g/mol. The van der Waals surface area contributed by atoms with E-state index >= 15 is 0 Å². The summed E-state index contributed by atoms with van der Waals surface area (Å²) in [4.78, 5) is 11.8. The summed E-state index contributed by atoms with van der Waals surface area (Å²) in [5, 5.41) is 2.52. The number of carbonyl (C=O) groups is 1. The molecule has 0 radical (unpaired) electrons. The Morgan fingerprint density at radius 2 is 2.15 bits per heavy atom. The summed E-state index contributed by atoms with van der Waals surface area (Å²) >= 11 is 0. The maximum absolute atomic E-state index is 12.2. The number of rotatable bonds is 4. The van der Waals surface area contributed by atoms with Crippen molar-refractivity contribution in [3.05, 3.63) is 23.8 Å². The minimum atomic E-state index is -4.43. The van der Waals surface area contributed by atoms with Crippen LogP contribution in [0.1, 0.15) is 12.5 Å². The van der Waals surface area contributed by atoms with Gasteiger partial charge in [0, 0.05) is 0 Å². The van der Waals surface area contributed by atoms with E-state index in [-0.39, 0.29) is 11.4 Å². The highest BCUT2D eigenvalue weighted by atomic mass is 19.4. The van der Waals surface area contributed by atoms with E-state index in [2.05, 4.69) is 5.32 Å². The molecule has 1 aromatic rings. The fourth-order valence-corrected chi connectivity index (χ4v) is 1.51. The first-order chi connectivity index (χ1) is 9.20. The fraction of sp³-hybridized carbons (Fsp3) is 0.462. The maximum atomic E-state index is 12.2. The lowest BCUT2D eigenvalue weighted by molar-refractivity contribution is -0.153. The molecule has 110 valence electrons. The van der Waals surface area contributed by atoms with Crippen LogP contribution in [0, 0.1) is 6.92 Å². The standard InChI is InChI=1S/C13H14F3NO3/c1-8-3-4-9(17-11(18)12(2)6-20-12)10(5-8)19-7-13(14,15)16/h3-5H,6-7H2,1-2H3,(H,17,18). The molecule has 1 aromatic carbocycles. The van der Waals surface area contributed by atoms with Crippen LogP contribution >= 0.6 is 0 Å². The topological polar surface area (TPSA) is 50.9 Å². The van der Waals surface area contributed by atoms with Crippen molar-refractivity contribution in [1.82, 2.24) is 0 Å². The maximum Gasteiger partial charge on any atom is 0.422 e. The lowest BCUT2D eigenvalue weighted by atomic mass is 10.1. The molecule has 0 spiro atoms. The van der Waals surface area contributed by atoms with Gasteiger partial charge in [-0.1, -0.05) is 6.07 Å². The fourth-order valence-electron chi connectivity index (χ4n) is 1.51. The summed E-state index contributed by atoms with van der Waals surface area (Å²) in [6.07, 6.45) is -4.43. The Bertz CT molecular complexity index is 524. The number of ether oxygens (including phenoxy) is 2. The molecule has 1 amide bonds. The number of epoxide rings is 1. The second kappa shape index (κ2) is 4.97. The van der Waals surface area contributed by atoms with Crippen LogP contribution in [0.4, 0.5) is 18.9 Å². The highest BCUT2D eigenvalue weighted by Gasteiger charge is 2.47. The Morgan fingerprint density at radius 1 is 1.50 bits per heavy atom. The first-order valence-corrected chi connectivity index (χ1v) is 5.95. The van der Waals surface area contributed by atoms with Crippen LogP contribution < -0.4 is 10.1 Å². The van der Waals surface area contributed by atoms with Crippen LogP contribution in [0.15, 0.2) is 18.2 Å². The minimum absolute atomic E-state index is 0.0140. The third-order valence-electron chi connectivity index (χ3n) is 2.83. The van der Waals surface area contributed by atoms with E-state index in [4.69, 9.17) is 9.47 Å². The van der Waals surface area contributed by atoms with Crippen molar-refractivity contribution in [2.45, 2.75) is 25.6 Å². The van der Waals surface area contributed by atoms with Crippen molar-refractivity contribution in [1.29, 1.82) is 0 Å². The van der Waals surface area contributed by atoms with E-state index in [1.165, 1.54) is 12.1 Å². The summed E-state index contributed by atoms with van der Waals surface area (Å²) in [5.41, 5.74) is 0.0299. The summed E-state index contributed by atoms with van der Waals surface area (Å²) in [6.45, 7) is 2.21. The van der Waals surface area contributed by atoms with E-state index in [0.717, 1.165) is 5.56 Å². The van der Waals surface area contributed by atoms with Crippen molar-refractivity contribution in [2.24, 2.45) is 0 Å². The van der Waals surface area contributed by atoms with Gasteiger partial charge in [0.1, 0.15) is 5.75 Å². The van der Waals surface area contributed by atoms with Crippen molar-refractivity contribution < 1.29 is 27.4 Å². The largest absolute Gasteiger partial charge is 0.482 e. The van der Waals surface area contributed by atoms with Crippen LogP contribution in [0.2, 0.25) is 0 Å². The van der Waals surface area contributed by atoms with Gasteiger partial charge in [-0.05, 0) is 31.5 Å². The van der Waals surface area contributed by atoms with E-state index in [1.54, 1.807) is 19.9 Å². The SMILES string of the molecule is Cc1ccc(NC(=O)C2(C)CO2)c(OCC(F)(F)F)c1. The van der Waals surface area contributed by atoms with Gasteiger partial charge in [0.05, 0.1) is 12.3 Å². The highest BCUT2D eigenvalue weighted by Crippen LogP contribution is 2.32. The molecule has 0 bridgehead atoms. The zero-order chi connectivity index (χ0) is 15.0. The quantitative estimate of drug-likeness (QED) is 0.867. The van der Waals surface area contributed by atoms with Gasteiger partial charge in [0.25, 0.3) is 5.91 Å². The van der Waals surface area contributed by atoms with Gasteiger partial charge in [-0.15, -0.1) is 0 Å². The summed E-state index contributed by atoms with van der Waals surface area (Å²) < 4.78 is 46.3. The summed E-state index contributed by atoms with van der Waals surface area (Å²) in [5.74, 6) is -0.418. The molecule has 0 saturated carbocycles. The highest BCUT2D eigenvalue weighted by molar-refractivity contribution is 5.99. The molecule has 0 aliphatic carbocycles. The molecule has 1 aliphatic rings. The van der Waals surface area contributed by atoms with Gasteiger partial charge in [-0.2, -0.15) is 13.2 Å². The Hall–Kier alpha value is -1.76. The number of nitrogens with one attached hydrogen (secondary N) is 1. The minimum Gasteiger partial charge on any atom is -0.482 e. The number of hydrogen-bond donors (Lipinski definition) is 1. The van der Waals surface area contributed by atoms with Gasteiger partial charge >= 0.3 is 6.18 Å². The van der Waals surface area contributed by atoms with Gasteiger partial charge < -0.3 is 14.8 Å². The van der Waals surface area contributed by atoms with Crippen LogP contribution in [-0.2, 0) is 9.53 Å². The summed E-state index contributed by atoms with van der Waals surface area (Å²) in [6, 6.07) is 4.62. The molecule has 1 N–H and O–H groups in total. The molecule has 1 atom stereocenters. The predicted molar refractivity (Wildman–Crippen MR) is 65.7 cm³/mol. The van der Waals surface area contributed by atoms with Gasteiger partial charge in [-0.25, -0.2) is 0 Å². The van der Waals surface area contributed by atoms with Gasteiger partial charge in [0.15, 0.2) is 12.2 Å². The van der Waals surface area contributed by atoms with E-state index < -0.39 is 24.3 Å². The molecular formula is C13H14F3NO3. The first-order valence-electron chi connectivity index (χ1n) is 5.95. The zero-order valence-electron chi connectivity index (χ0n) is 11.0. The Balaban J connectivity index is 2.13. The van der Waals surface area contributed by atoms with E-state index in [1.807, 2.05) is 0 Å². The molecule has 1 heterocycles. The molecule has 0 aromatic heterocycles. The number of alkyl halides is 3. The van der Waals surface area contributed by atoms with Crippen LogP contribution in [0.5, 0.6) is 5.75 Å². The Kier molecular flexibility index (Phi) is 3.64. The number of carbonyl (C=O) groups excluding carboxylic acids is 1. The molecule has 1 unspecified atom stereocenters. The van der Waals surface area contributed by atoms with Crippen molar-refractivity contribution in [3.63, 3.8) is 0 Å². The van der Waals surface area contributed by atoms with Crippen molar-refractivity contribution in [2.75, 3.05) is 18.5 Å². The van der Waals surface area contributed by atoms with Crippen molar-refractivity contribution >= 4 is 11.6 Å². The smallest absolute Gasteiger partial charge is 0.422 e. The Morgan fingerprint density at radius 3 is 2.70 bits per heavy atom. The number of amides is 1. The first kappa shape index (κ1) is 14.6. The Labute approximate surface area is 113 Å². The van der Waals surface area contributed by atoms with Crippen LogP contribution in [0.25, 0.3) is 0 Å². The zero-order valence-corrected chi connectivity index (χ0v) is 11.0. The predicted octanol–water partition coefficient (Wildman–Crippen LogP) is 2.66. The number of benzene rings is 1. The van der Waals surface area contributed by atoms with Crippen LogP contribution in [-0.4, -0.2) is 30.9 Å². The molecule has 2 rings (SSSR count). The molecule has 4 nitrogen and oxygen atoms in total. The summed E-state index contributed by atoms with van der Waals surface area (Å²) in [7, 11) is 0. The number of halogens is 3. The lowest BCUT2D eigenvalue weighted by Crippen LogP contribution is -2.28. The monoisotopic (exact) mass is 289 g/mol. The van der Waals surface area contributed by atoms with Gasteiger partial charge in [-0.3, -0.25) is 4.79 Å². The van der Waals surface area contributed by atoms with Crippen molar-refractivity contribution in [3.8, 4) is 5.75 Å². The molecular weight excluding hydrogens is 275 g/mol. The number of anilines is 1. The second-order valence-corrected chi connectivity index (χ2v) is 4.88. The lowest BCUT2D eigenvalue weighted by Gasteiger charge is -2.15. The van der Waals surface area contributed by atoms with E-state index in [9.17, 15) is 18.0 Å². The second-order valence-electron chi connectivity index (χ2n) is 4.88. The molecule has 1 saturated heterocycles. The number of aryl methyl sites for hydroxylation is 1. The molecule has 7 heteroatoms. The molecule has 20 heavy (non-hydrogen) atoms. The van der Waals surface area contributed by atoms with Gasteiger partial charge in [0.2, 0.25) is 0 Å².